The third-order valence-corrected chi connectivity index (χ3v) is 13.2. The summed E-state index contributed by atoms with van der Waals surface area (Å²) in [5.41, 5.74) is 4.64. The zero-order valence-corrected chi connectivity index (χ0v) is 35.4. The van der Waals surface area contributed by atoms with Crippen LogP contribution in [0.4, 0.5) is 40.6 Å². The zero-order valence-electron chi connectivity index (χ0n) is 35.4. The van der Waals surface area contributed by atoms with E-state index in [4.69, 9.17) is 19.4 Å². The second-order valence-corrected chi connectivity index (χ2v) is 17.3. The number of rotatable bonds is 11. The lowest BCUT2D eigenvalue weighted by Gasteiger charge is -2.29. The summed E-state index contributed by atoms with van der Waals surface area (Å²) in [6.07, 6.45) is 5.68. The molecule has 0 spiro atoms. The first-order chi connectivity index (χ1) is 30.2. The van der Waals surface area contributed by atoms with Gasteiger partial charge in [-0.25, -0.2) is 17.6 Å². The minimum absolute atomic E-state index is 0.0273. The standard InChI is InChI=1S/C46H45F4N11O2/c1-22-33(24(3)55-44-35-11-26(16-52-42(35)25(4)56-58-44)60-18-30-9-28(60)20-62-30)13-39(47)34(37(22)15-51)14-40-43-36(12-27(17-53-43)61-19-31-10-29(61)21-63-31)45(59-57-40)54-23(2)32-7-6-8-38(41(32)48)46(5,49)50/h6-8,11-13,16-17,23-24,28-31H,9-10,14,18-21H2,1-5H3,(H,54,59)(H,55,58)/t23-,24-,28?,29?,30?,31?/m1/s1. The average molecular weight is 860 g/mol. The molecule has 324 valence electrons. The fourth-order valence-electron chi connectivity index (χ4n) is 9.86. The number of nitriles is 1. The van der Waals surface area contributed by atoms with E-state index in [0.717, 1.165) is 42.2 Å². The molecule has 6 atom stereocenters. The van der Waals surface area contributed by atoms with Crippen LogP contribution in [-0.2, 0) is 21.8 Å². The third kappa shape index (κ3) is 7.18. The number of aromatic nitrogens is 6. The van der Waals surface area contributed by atoms with Gasteiger partial charge in [0.05, 0.1) is 113 Å². The van der Waals surface area contributed by atoms with Gasteiger partial charge in [-0.1, -0.05) is 18.2 Å². The van der Waals surface area contributed by atoms with Crippen LogP contribution in [-0.4, -0.2) is 81.0 Å². The molecule has 4 saturated heterocycles. The maximum atomic E-state index is 16.6. The maximum Gasteiger partial charge on any atom is 0.273 e. The summed E-state index contributed by atoms with van der Waals surface area (Å²) >= 11 is 0. The predicted molar refractivity (Wildman–Crippen MR) is 229 cm³/mol. The monoisotopic (exact) mass is 859 g/mol. The van der Waals surface area contributed by atoms with Crippen molar-refractivity contribution in [2.75, 3.05) is 46.7 Å². The summed E-state index contributed by atoms with van der Waals surface area (Å²) in [5, 5.41) is 36.4. The van der Waals surface area contributed by atoms with Crippen molar-refractivity contribution in [3.63, 3.8) is 0 Å². The van der Waals surface area contributed by atoms with Gasteiger partial charge in [0.15, 0.2) is 11.6 Å². The van der Waals surface area contributed by atoms with Gasteiger partial charge in [0.25, 0.3) is 5.92 Å². The number of nitrogens with one attached hydrogen (secondary N) is 2. The van der Waals surface area contributed by atoms with E-state index in [-0.39, 0.29) is 47.2 Å². The molecule has 0 aliphatic carbocycles. The molecule has 2 aromatic carbocycles. The fraction of sp³-hybridized carbons (Fsp3) is 0.413. The molecule has 4 aliphatic rings. The van der Waals surface area contributed by atoms with Crippen molar-refractivity contribution in [3.8, 4) is 6.07 Å². The molecule has 10 rings (SSSR count). The van der Waals surface area contributed by atoms with E-state index in [0.29, 0.717) is 77.5 Å². The van der Waals surface area contributed by atoms with Crippen LogP contribution in [0.5, 0.6) is 0 Å². The highest BCUT2D eigenvalue weighted by atomic mass is 19.3. The van der Waals surface area contributed by atoms with Crippen LogP contribution in [0.15, 0.2) is 48.8 Å². The molecule has 4 aliphatic heterocycles. The highest BCUT2D eigenvalue weighted by Crippen LogP contribution is 2.39. The molecule has 4 fully saturated rings. The van der Waals surface area contributed by atoms with E-state index in [9.17, 15) is 14.0 Å². The highest BCUT2D eigenvalue weighted by Gasteiger charge is 2.41. The fourth-order valence-corrected chi connectivity index (χ4v) is 9.86. The maximum absolute atomic E-state index is 16.6. The van der Waals surface area contributed by atoms with Crippen molar-refractivity contribution in [1.82, 2.24) is 30.4 Å². The number of hydrogen-bond acceptors (Lipinski definition) is 13. The number of halogens is 4. The summed E-state index contributed by atoms with van der Waals surface area (Å²) in [6, 6.07) is 10.7. The summed E-state index contributed by atoms with van der Waals surface area (Å²) in [5.74, 6) is -4.27. The molecular weight excluding hydrogens is 815 g/mol. The van der Waals surface area contributed by atoms with Gasteiger partial charge in [0.2, 0.25) is 0 Å². The quantitative estimate of drug-likeness (QED) is 0.121. The normalized spacial score (nSPS) is 21.4. The van der Waals surface area contributed by atoms with Gasteiger partial charge in [0, 0.05) is 48.3 Å². The van der Waals surface area contributed by atoms with E-state index >= 15 is 8.78 Å². The summed E-state index contributed by atoms with van der Waals surface area (Å²) < 4.78 is 72.4. The Kier molecular flexibility index (Phi) is 10.1. The lowest BCUT2D eigenvalue weighted by molar-refractivity contribution is 0.0135. The van der Waals surface area contributed by atoms with Gasteiger partial charge < -0.3 is 29.9 Å². The van der Waals surface area contributed by atoms with Crippen molar-refractivity contribution >= 4 is 44.8 Å². The summed E-state index contributed by atoms with van der Waals surface area (Å²) in [4.78, 5) is 14.1. The van der Waals surface area contributed by atoms with Gasteiger partial charge in [-0.2, -0.15) is 15.5 Å². The van der Waals surface area contributed by atoms with E-state index in [1.807, 2.05) is 26.1 Å². The zero-order chi connectivity index (χ0) is 43.9. The minimum Gasteiger partial charge on any atom is -0.374 e. The first-order valence-electron chi connectivity index (χ1n) is 21.2. The second kappa shape index (κ2) is 15.5. The minimum atomic E-state index is -3.38. The first kappa shape index (κ1) is 40.8. The van der Waals surface area contributed by atoms with Gasteiger partial charge in [-0.05, 0) is 69.9 Å². The van der Waals surface area contributed by atoms with E-state index in [1.54, 1.807) is 20.0 Å². The number of alkyl halides is 2. The molecule has 8 heterocycles. The Morgan fingerprint density at radius 3 is 1.98 bits per heavy atom. The Balaban J connectivity index is 0.976. The van der Waals surface area contributed by atoms with Crippen LogP contribution >= 0.6 is 0 Å². The number of fused-ring (bicyclic) bond motifs is 6. The number of pyridine rings is 2. The first-order valence-corrected chi connectivity index (χ1v) is 21.2. The molecule has 2 N–H and O–H groups in total. The SMILES string of the molecule is Cc1c([C@@H](C)Nc2nnc(C)c3ncc(N4CC5CC4CO5)cc23)cc(F)c(Cc2nnc(N[C@H](C)c3cccc(C(C)(F)F)c3F)c3cc(N4CC5CC4CO5)cnc23)c1C#N. The molecule has 4 bridgehead atoms. The Labute approximate surface area is 360 Å². The third-order valence-electron chi connectivity index (χ3n) is 13.2. The molecule has 0 amide bonds. The molecule has 4 unspecified atom stereocenters. The van der Waals surface area contributed by atoms with E-state index in [2.05, 4.69) is 53.0 Å². The van der Waals surface area contributed by atoms with Gasteiger partial charge >= 0.3 is 0 Å². The van der Waals surface area contributed by atoms with Gasteiger partial charge in [0.1, 0.15) is 11.6 Å². The molecular formula is C46H45F4N11O2. The number of morpholine rings is 2. The lowest BCUT2D eigenvalue weighted by atomic mass is 9.91. The van der Waals surface area contributed by atoms with Crippen LogP contribution in [0.25, 0.3) is 21.8 Å². The molecule has 17 heteroatoms. The molecule has 0 saturated carbocycles. The molecule has 6 aromatic rings. The van der Waals surface area contributed by atoms with Crippen molar-refractivity contribution in [2.45, 2.75) is 96.2 Å². The van der Waals surface area contributed by atoms with Crippen LogP contribution in [0.3, 0.4) is 0 Å². The van der Waals surface area contributed by atoms with Crippen molar-refractivity contribution in [1.29, 1.82) is 5.26 Å². The van der Waals surface area contributed by atoms with Crippen LogP contribution < -0.4 is 20.4 Å². The van der Waals surface area contributed by atoms with Crippen LogP contribution in [0.2, 0.25) is 0 Å². The largest absolute Gasteiger partial charge is 0.374 e. The van der Waals surface area contributed by atoms with E-state index in [1.165, 1.54) is 18.2 Å². The molecule has 13 nitrogen and oxygen atoms in total. The Morgan fingerprint density at radius 1 is 0.825 bits per heavy atom. The van der Waals surface area contributed by atoms with Gasteiger partial charge in [-0.3, -0.25) is 9.97 Å². The Hall–Kier alpha value is -6.25. The average Bonchev–Trinajstić information content (AvgIpc) is 4.10. The number of hydrogen-bond donors (Lipinski definition) is 2. The number of nitrogens with zero attached hydrogens (tertiary/aromatic N) is 9. The van der Waals surface area contributed by atoms with Crippen molar-refractivity contribution in [3.05, 3.63) is 105 Å². The van der Waals surface area contributed by atoms with Crippen molar-refractivity contribution in [2.24, 2.45) is 0 Å². The molecule has 63 heavy (non-hydrogen) atoms. The number of ether oxygens (including phenoxy) is 2. The highest BCUT2D eigenvalue weighted by molar-refractivity contribution is 5.94. The number of anilines is 4. The molecule has 0 radical (unpaired) electrons. The Morgan fingerprint density at radius 2 is 1.41 bits per heavy atom. The van der Waals surface area contributed by atoms with Crippen LogP contribution in [0.1, 0.15) is 90.5 Å². The van der Waals surface area contributed by atoms with E-state index < -0.39 is 35.2 Å². The second-order valence-electron chi connectivity index (χ2n) is 17.3. The summed E-state index contributed by atoms with van der Waals surface area (Å²) in [7, 11) is 0. The number of benzene rings is 2. The summed E-state index contributed by atoms with van der Waals surface area (Å²) in [6.45, 7) is 10.6. The van der Waals surface area contributed by atoms with Gasteiger partial charge in [-0.15, -0.1) is 10.2 Å². The topological polar surface area (TPSA) is 150 Å². The Bertz CT molecular complexity index is 2850. The predicted octanol–water partition coefficient (Wildman–Crippen LogP) is 8.13. The smallest absolute Gasteiger partial charge is 0.273 e. The lowest BCUT2D eigenvalue weighted by Crippen LogP contribution is -2.36. The molecule has 4 aromatic heterocycles. The van der Waals surface area contributed by atoms with Crippen LogP contribution in [0, 0.1) is 36.8 Å². The number of aryl methyl sites for hydroxylation is 1. The van der Waals surface area contributed by atoms with Crippen molar-refractivity contribution < 1.29 is 27.0 Å².